The molecule has 1 heterocycles. The van der Waals surface area contributed by atoms with Crippen molar-refractivity contribution >= 4 is 21.8 Å². The first-order valence-electron chi connectivity index (χ1n) is 8.07. The minimum absolute atomic E-state index is 0.00930. The number of allylic oxidation sites excluding steroid dienone is 1. The maximum Gasteiger partial charge on any atom is 0.383 e. The first-order chi connectivity index (χ1) is 12.9. The van der Waals surface area contributed by atoms with Crippen LogP contribution in [0.5, 0.6) is 0 Å². The fourth-order valence-electron chi connectivity index (χ4n) is 2.47. The third-order valence-corrected chi connectivity index (χ3v) is 5.80. The zero-order valence-electron chi connectivity index (χ0n) is 15.1. The molecule has 0 unspecified atom stereocenters. The summed E-state index contributed by atoms with van der Waals surface area (Å²) < 4.78 is 45.7. The van der Waals surface area contributed by atoms with Crippen molar-refractivity contribution in [1.29, 1.82) is 0 Å². The number of carbonyl (C=O) groups excluding carboxylic acids is 2. The van der Waals surface area contributed by atoms with Gasteiger partial charge in [0.25, 0.3) is 5.76 Å². The van der Waals surface area contributed by atoms with Crippen LogP contribution in [0.1, 0.15) is 13.3 Å². The Labute approximate surface area is 157 Å². The van der Waals surface area contributed by atoms with Crippen LogP contribution in [-0.4, -0.2) is 46.4 Å². The van der Waals surface area contributed by atoms with Gasteiger partial charge in [-0.1, -0.05) is 18.2 Å². The number of hydrogen-bond acceptors (Lipinski definition) is 8. The minimum atomic E-state index is -4.02. The summed E-state index contributed by atoms with van der Waals surface area (Å²) in [5.41, 5.74) is 0. The third-order valence-electron chi connectivity index (χ3n) is 3.74. The number of hydrogen-bond donors (Lipinski definition) is 0. The van der Waals surface area contributed by atoms with E-state index in [2.05, 4.69) is 0 Å². The van der Waals surface area contributed by atoms with Crippen molar-refractivity contribution in [2.24, 2.45) is 0 Å². The molecule has 0 saturated heterocycles. The molecule has 0 N–H and O–H groups in total. The lowest BCUT2D eigenvalue weighted by Crippen LogP contribution is -2.32. The van der Waals surface area contributed by atoms with E-state index in [-0.39, 0.29) is 35.2 Å². The first kappa shape index (κ1) is 20.5. The van der Waals surface area contributed by atoms with Crippen LogP contribution in [-0.2, 0) is 38.4 Å². The topological polar surface area (TPSA) is 105 Å². The van der Waals surface area contributed by atoms with E-state index in [1.54, 1.807) is 25.1 Å². The number of benzene rings is 1. The first-order valence-corrected chi connectivity index (χ1v) is 9.62. The quantitative estimate of drug-likeness (QED) is 0.612. The van der Waals surface area contributed by atoms with Gasteiger partial charge < -0.3 is 18.9 Å². The van der Waals surface area contributed by atoms with Crippen LogP contribution in [0.15, 0.2) is 58.6 Å². The van der Waals surface area contributed by atoms with Crippen LogP contribution in [0.3, 0.4) is 0 Å². The molecule has 0 spiro atoms. The van der Waals surface area contributed by atoms with Crippen molar-refractivity contribution in [2.75, 3.05) is 20.8 Å². The molecule has 27 heavy (non-hydrogen) atoms. The number of ether oxygens (including phenoxy) is 4. The van der Waals surface area contributed by atoms with Crippen molar-refractivity contribution in [3.05, 3.63) is 53.7 Å². The molecule has 0 fully saturated rings. The minimum Gasteiger partial charge on any atom is -0.490 e. The zero-order chi connectivity index (χ0) is 20.0. The molecule has 1 atom stereocenters. The molecule has 146 valence electrons. The van der Waals surface area contributed by atoms with Gasteiger partial charge in [-0.15, -0.1) is 0 Å². The fourth-order valence-corrected chi connectivity index (χ4v) is 4.01. The maximum atomic E-state index is 12.9. The van der Waals surface area contributed by atoms with Gasteiger partial charge in [-0.3, -0.25) is 4.79 Å². The second-order valence-electron chi connectivity index (χ2n) is 5.36. The highest BCUT2D eigenvalue weighted by atomic mass is 32.2. The average molecular weight is 396 g/mol. The average Bonchev–Trinajstić information content (AvgIpc) is 2.97. The molecule has 0 amide bonds. The summed E-state index contributed by atoms with van der Waals surface area (Å²) in [6.45, 7) is 1.61. The SMILES string of the molecule is CCOC(=O)[C@@H](C/C=C1\OC(=O)C(OC)=C1OC)S(=O)(=O)c1ccccc1. The van der Waals surface area contributed by atoms with E-state index in [9.17, 15) is 18.0 Å². The number of cyclic esters (lactones) is 1. The highest BCUT2D eigenvalue weighted by molar-refractivity contribution is 7.92. The van der Waals surface area contributed by atoms with Gasteiger partial charge in [0, 0.05) is 0 Å². The normalized spacial score (nSPS) is 16.9. The molecule has 8 nitrogen and oxygen atoms in total. The Morgan fingerprint density at radius 3 is 2.33 bits per heavy atom. The second kappa shape index (κ2) is 8.72. The summed E-state index contributed by atoms with van der Waals surface area (Å²) in [6.07, 6.45) is 1.02. The number of methoxy groups -OCH3 is 2. The standard InChI is InChI=1S/C18H20O8S/c1-4-25-17(19)14(27(21,22)12-8-6-5-7-9-12)11-10-13-15(23-2)16(24-3)18(20)26-13/h5-10,14H,4,11H2,1-3H3/b13-10-/t14-/m1/s1. The molecule has 2 rings (SSSR count). The van der Waals surface area contributed by atoms with Gasteiger partial charge in [0.2, 0.25) is 5.76 Å². The Morgan fingerprint density at radius 2 is 1.78 bits per heavy atom. The molecule has 1 aliphatic heterocycles. The summed E-state index contributed by atoms with van der Waals surface area (Å²) in [4.78, 5) is 24.0. The molecule has 1 aliphatic rings. The molecule has 0 saturated carbocycles. The third kappa shape index (κ3) is 4.30. The van der Waals surface area contributed by atoms with E-state index in [1.165, 1.54) is 32.4 Å². The highest BCUT2D eigenvalue weighted by Crippen LogP contribution is 2.29. The Kier molecular flexibility index (Phi) is 6.62. The van der Waals surface area contributed by atoms with Gasteiger partial charge in [-0.05, 0) is 31.6 Å². The number of carbonyl (C=O) groups is 2. The molecule has 0 aliphatic carbocycles. The van der Waals surface area contributed by atoms with E-state index in [4.69, 9.17) is 18.9 Å². The van der Waals surface area contributed by atoms with Crippen LogP contribution in [0.2, 0.25) is 0 Å². The zero-order valence-corrected chi connectivity index (χ0v) is 15.9. The highest BCUT2D eigenvalue weighted by Gasteiger charge is 2.37. The fraction of sp³-hybridized carbons (Fsp3) is 0.333. The second-order valence-corrected chi connectivity index (χ2v) is 7.49. The number of sulfone groups is 1. The molecule has 0 bridgehead atoms. The monoisotopic (exact) mass is 396 g/mol. The van der Waals surface area contributed by atoms with Gasteiger partial charge in [-0.25, -0.2) is 13.2 Å². The lowest BCUT2D eigenvalue weighted by Gasteiger charge is -2.15. The van der Waals surface area contributed by atoms with Crippen LogP contribution < -0.4 is 0 Å². The van der Waals surface area contributed by atoms with Gasteiger partial charge in [0.05, 0.1) is 25.7 Å². The lowest BCUT2D eigenvalue weighted by molar-refractivity contribution is -0.142. The van der Waals surface area contributed by atoms with Gasteiger partial charge in [0.1, 0.15) is 0 Å². The smallest absolute Gasteiger partial charge is 0.383 e. The van der Waals surface area contributed by atoms with Crippen molar-refractivity contribution in [2.45, 2.75) is 23.5 Å². The summed E-state index contributed by atoms with van der Waals surface area (Å²) in [7, 11) is -1.43. The van der Waals surface area contributed by atoms with Crippen LogP contribution in [0.4, 0.5) is 0 Å². The maximum absolute atomic E-state index is 12.9. The Balaban J connectivity index is 2.39. The summed E-state index contributed by atoms with van der Waals surface area (Å²) >= 11 is 0. The van der Waals surface area contributed by atoms with Crippen molar-refractivity contribution in [3.8, 4) is 0 Å². The summed E-state index contributed by atoms with van der Waals surface area (Å²) in [6, 6.07) is 7.58. The van der Waals surface area contributed by atoms with Crippen LogP contribution in [0, 0.1) is 0 Å². The van der Waals surface area contributed by atoms with E-state index < -0.39 is 27.0 Å². The van der Waals surface area contributed by atoms with Gasteiger partial charge in [-0.2, -0.15) is 0 Å². The largest absolute Gasteiger partial charge is 0.490 e. The molecule has 1 aromatic carbocycles. The Hall–Kier alpha value is -2.81. The number of rotatable bonds is 8. The molecule has 0 aromatic heterocycles. The molecular formula is C18H20O8S. The molecular weight excluding hydrogens is 376 g/mol. The molecule has 0 radical (unpaired) electrons. The molecule has 9 heteroatoms. The van der Waals surface area contributed by atoms with Gasteiger partial charge in [0.15, 0.2) is 20.8 Å². The van der Waals surface area contributed by atoms with E-state index in [0.29, 0.717) is 0 Å². The van der Waals surface area contributed by atoms with E-state index >= 15 is 0 Å². The van der Waals surface area contributed by atoms with Crippen LogP contribution in [0.25, 0.3) is 0 Å². The number of esters is 2. The van der Waals surface area contributed by atoms with Gasteiger partial charge >= 0.3 is 11.9 Å². The van der Waals surface area contributed by atoms with Crippen molar-refractivity contribution in [1.82, 2.24) is 0 Å². The van der Waals surface area contributed by atoms with Crippen molar-refractivity contribution in [3.63, 3.8) is 0 Å². The predicted molar refractivity (Wildman–Crippen MR) is 93.9 cm³/mol. The predicted octanol–water partition coefficient (Wildman–Crippen LogP) is 1.73. The molecule has 1 aromatic rings. The van der Waals surface area contributed by atoms with E-state index in [1.807, 2.05) is 0 Å². The lowest BCUT2D eigenvalue weighted by atomic mass is 10.2. The summed E-state index contributed by atoms with van der Waals surface area (Å²) in [5.74, 6) is -1.78. The Morgan fingerprint density at radius 1 is 1.15 bits per heavy atom. The summed E-state index contributed by atoms with van der Waals surface area (Å²) in [5, 5.41) is -1.50. The van der Waals surface area contributed by atoms with Crippen molar-refractivity contribution < 1.29 is 37.0 Å². The van der Waals surface area contributed by atoms with Crippen LogP contribution >= 0.6 is 0 Å². The van der Waals surface area contributed by atoms with E-state index in [0.717, 1.165) is 0 Å². The Bertz CT molecular complexity index is 868.